The van der Waals surface area contributed by atoms with Crippen molar-refractivity contribution in [2.75, 3.05) is 46.7 Å². The number of amides is 1. The normalized spacial score (nSPS) is 11.0. The van der Waals surface area contributed by atoms with Crippen molar-refractivity contribution in [3.05, 3.63) is 48.0 Å². The van der Waals surface area contributed by atoms with Gasteiger partial charge < -0.3 is 19.7 Å². The molecule has 1 amide bonds. The van der Waals surface area contributed by atoms with Gasteiger partial charge in [-0.25, -0.2) is 13.1 Å². The average Bonchev–Trinajstić information content (AvgIpc) is 2.70. The van der Waals surface area contributed by atoms with Crippen LogP contribution in [0.25, 0.3) is 0 Å². The van der Waals surface area contributed by atoms with E-state index in [1.54, 1.807) is 58.6 Å². The highest BCUT2D eigenvalue weighted by Crippen LogP contribution is 2.25. The molecule has 0 unspecified atom stereocenters. The molecule has 0 radical (unpaired) electrons. The van der Waals surface area contributed by atoms with E-state index in [2.05, 4.69) is 10.0 Å². The second-order valence-electron chi connectivity index (χ2n) is 6.15. The van der Waals surface area contributed by atoms with Crippen LogP contribution in [0.3, 0.4) is 0 Å². The third-order valence-electron chi connectivity index (χ3n) is 3.90. The number of hydrogen-bond acceptors (Lipinski definition) is 6. The summed E-state index contributed by atoms with van der Waals surface area (Å²) in [7, 11) is 2.61. The number of ether oxygens (including phenoxy) is 2. The lowest BCUT2D eigenvalue weighted by atomic mass is 10.2. The summed E-state index contributed by atoms with van der Waals surface area (Å²) in [5, 5.41) is 3.11. The molecule has 152 valence electrons. The van der Waals surface area contributed by atoms with E-state index >= 15 is 0 Å². The molecule has 0 heterocycles. The maximum Gasteiger partial charge on any atom is 0.253 e. The molecular formula is C19H25N3O5S. The number of carbonyl (C=O) groups excluding carboxylic acids is 1. The Bertz CT molecular complexity index is 907. The molecule has 0 aliphatic carbocycles. The molecule has 2 aromatic rings. The Hall–Kier alpha value is -2.78. The summed E-state index contributed by atoms with van der Waals surface area (Å²) in [5.74, 6) is 1.00. The number of methoxy groups -OCH3 is 2. The number of carbonyl (C=O) groups is 1. The molecule has 0 atom stereocenters. The summed E-state index contributed by atoms with van der Waals surface area (Å²) >= 11 is 0. The number of hydrogen-bond donors (Lipinski definition) is 2. The van der Waals surface area contributed by atoms with Crippen molar-refractivity contribution in [1.82, 2.24) is 9.62 Å². The molecule has 0 saturated heterocycles. The van der Waals surface area contributed by atoms with Gasteiger partial charge in [-0.05, 0) is 18.2 Å². The van der Waals surface area contributed by atoms with E-state index in [1.165, 1.54) is 17.0 Å². The van der Waals surface area contributed by atoms with Gasteiger partial charge in [0.15, 0.2) is 0 Å². The zero-order valence-corrected chi connectivity index (χ0v) is 17.2. The molecular weight excluding hydrogens is 382 g/mol. The van der Waals surface area contributed by atoms with Crippen LogP contribution in [0.1, 0.15) is 10.4 Å². The van der Waals surface area contributed by atoms with Crippen LogP contribution in [-0.2, 0) is 10.0 Å². The van der Waals surface area contributed by atoms with Crippen molar-refractivity contribution in [2.24, 2.45) is 0 Å². The third-order valence-corrected chi connectivity index (χ3v) is 5.35. The van der Waals surface area contributed by atoms with Crippen LogP contribution >= 0.6 is 0 Å². The molecule has 8 nitrogen and oxygen atoms in total. The number of anilines is 1. The van der Waals surface area contributed by atoms with Crippen LogP contribution in [-0.4, -0.2) is 60.6 Å². The second-order valence-corrected chi connectivity index (χ2v) is 7.92. The molecule has 0 aliphatic heterocycles. The Morgan fingerprint density at radius 2 is 1.64 bits per heavy atom. The van der Waals surface area contributed by atoms with Gasteiger partial charge in [0.25, 0.3) is 5.91 Å². The Kier molecular flexibility index (Phi) is 7.24. The van der Waals surface area contributed by atoms with E-state index in [0.717, 1.165) is 5.69 Å². The molecule has 0 saturated carbocycles. The first-order chi connectivity index (χ1) is 13.3. The van der Waals surface area contributed by atoms with E-state index in [4.69, 9.17) is 9.47 Å². The monoisotopic (exact) mass is 407 g/mol. The summed E-state index contributed by atoms with van der Waals surface area (Å²) in [6.45, 7) is 0.513. The predicted molar refractivity (Wildman–Crippen MR) is 108 cm³/mol. The first-order valence-electron chi connectivity index (χ1n) is 8.55. The number of benzene rings is 2. The summed E-state index contributed by atoms with van der Waals surface area (Å²) in [5.41, 5.74) is 1.06. The molecule has 0 bridgehead atoms. The van der Waals surface area contributed by atoms with Gasteiger partial charge in [0.1, 0.15) is 11.5 Å². The van der Waals surface area contributed by atoms with Crippen molar-refractivity contribution < 1.29 is 22.7 Å². The van der Waals surface area contributed by atoms with Gasteiger partial charge in [0, 0.05) is 56.6 Å². The van der Waals surface area contributed by atoms with Crippen LogP contribution in [0.4, 0.5) is 5.69 Å². The minimum absolute atomic E-state index is 0.0447. The number of nitrogens with zero attached hydrogens (tertiary/aromatic N) is 1. The van der Waals surface area contributed by atoms with E-state index in [1.807, 2.05) is 0 Å². The van der Waals surface area contributed by atoms with Gasteiger partial charge in [0.2, 0.25) is 10.0 Å². The molecule has 9 heteroatoms. The Balaban J connectivity index is 1.99. The number of sulfonamides is 1. The molecule has 0 spiro atoms. The quantitative estimate of drug-likeness (QED) is 0.615. The summed E-state index contributed by atoms with van der Waals surface area (Å²) in [4.78, 5) is 13.5. The van der Waals surface area contributed by atoms with Crippen LogP contribution in [0, 0.1) is 0 Å². The highest BCUT2D eigenvalue weighted by Gasteiger charge is 2.16. The molecule has 2 N–H and O–H groups in total. The van der Waals surface area contributed by atoms with Gasteiger partial charge in [-0.15, -0.1) is 0 Å². The topological polar surface area (TPSA) is 97.0 Å². The largest absolute Gasteiger partial charge is 0.497 e. The van der Waals surface area contributed by atoms with E-state index < -0.39 is 10.0 Å². The molecule has 0 fully saturated rings. The van der Waals surface area contributed by atoms with Crippen molar-refractivity contribution >= 4 is 21.6 Å². The maximum absolute atomic E-state index is 12.5. The lowest BCUT2D eigenvalue weighted by molar-refractivity contribution is 0.0827. The molecule has 0 aliphatic rings. The first kappa shape index (κ1) is 21.5. The minimum Gasteiger partial charge on any atom is -0.497 e. The third kappa shape index (κ3) is 5.61. The van der Waals surface area contributed by atoms with Crippen LogP contribution < -0.4 is 19.5 Å². The summed E-state index contributed by atoms with van der Waals surface area (Å²) in [6, 6.07) is 11.3. The number of nitrogens with one attached hydrogen (secondary N) is 2. The number of rotatable bonds is 9. The fourth-order valence-corrected chi connectivity index (χ4v) is 3.52. The molecule has 2 aromatic carbocycles. The van der Waals surface area contributed by atoms with Crippen LogP contribution in [0.5, 0.6) is 11.5 Å². The van der Waals surface area contributed by atoms with Gasteiger partial charge in [-0.2, -0.15) is 0 Å². The molecule has 28 heavy (non-hydrogen) atoms. The minimum atomic E-state index is -3.73. The molecule has 0 aromatic heterocycles. The SMILES string of the molecule is COc1cc(NCCNS(=O)(=O)c2cccc(C(=O)N(C)C)c2)cc(OC)c1. The van der Waals surface area contributed by atoms with E-state index in [0.29, 0.717) is 23.6 Å². The fourth-order valence-electron chi connectivity index (χ4n) is 2.44. The van der Waals surface area contributed by atoms with Crippen molar-refractivity contribution in [1.29, 1.82) is 0 Å². The summed E-state index contributed by atoms with van der Waals surface area (Å²) in [6.07, 6.45) is 0. The van der Waals surface area contributed by atoms with Gasteiger partial charge in [-0.3, -0.25) is 4.79 Å². The van der Waals surface area contributed by atoms with Crippen LogP contribution in [0.2, 0.25) is 0 Å². The average molecular weight is 407 g/mol. The maximum atomic E-state index is 12.5. The standard InChI is InChI=1S/C19H25N3O5S/c1-22(2)19(23)14-6-5-7-18(10-14)28(24,25)21-9-8-20-15-11-16(26-3)13-17(12-15)27-4/h5-7,10-13,20-21H,8-9H2,1-4H3. The van der Waals surface area contributed by atoms with Gasteiger partial charge >= 0.3 is 0 Å². The van der Waals surface area contributed by atoms with Crippen LogP contribution in [0.15, 0.2) is 47.4 Å². The predicted octanol–water partition coefficient (Wildman–Crippen LogP) is 1.80. The zero-order chi connectivity index (χ0) is 20.7. The Morgan fingerprint density at radius 3 is 2.21 bits per heavy atom. The Morgan fingerprint density at radius 1 is 1.00 bits per heavy atom. The first-order valence-corrected chi connectivity index (χ1v) is 10.0. The second kappa shape index (κ2) is 9.43. The van der Waals surface area contributed by atoms with Gasteiger partial charge in [-0.1, -0.05) is 6.07 Å². The summed E-state index contributed by atoms with van der Waals surface area (Å²) < 4.78 is 37.9. The van der Waals surface area contributed by atoms with Crippen molar-refractivity contribution in [2.45, 2.75) is 4.90 Å². The van der Waals surface area contributed by atoms with E-state index in [9.17, 15) is 13.2 Å². The van der Waals surface area contributed by atoms with Gasteiger partial charge in [0.05, 0.1) is 19.1 Å². The van der Waals surface area contributed by atoms with Crippen molar-refractivity contribution in [3.8, 4) is 11.5 Å². The lowest BCUT2D eigenvalue weighted by Gasteiger charge is -2.13. The van der Waals surface area contributed by atoms with E-state index in [-0.39, 0.29) is 17.3 Å². The smallest absolute Gasteiger partial charge is 0.253 e. The lowest BCUT2D eigenvalue weighted by Crippen LogP contribution is -2.29. The molecule has 2 rings (SSSR count). The highest BCUT2D eigenvalue weighted by atomic mass is 32.2. The zero-order valence-electron chi connectivity index (χ0n) is 16.4. The fraction of sp³-hybridized carbons (Fsp3) is 0.316. The Labute approximate surface area is 165 Å². The van der Waals surface area contributed by atoms with Crippen molar-refractivity contribution in [3.63, 3.8) is 0 Å². The highest BCUT2D eigenvalue weighted by molar-refractivity contribution is 7.89.